The standard InChI is InChI=1S/C18H15N5O2/c19-11-6-12-22(14-7-2-1-3-8-14)17(24)13-23-18(25)15-9-4-5-10-16(15)20-21-23/h1-5,7-10H,6,12-13H2. The molecular formula is C18H15N5O2. The molecular weight excluding hydrogens is 318 g/mol. The van der Waals surface area contributed by atoms with E-state index in [-0.39, 0.29) is 31.0 Å². The smallest absolute Gasteiger partial charge is 0.278 e. The Labute approximate surface area is 143 Å². The highest BCUT2D eigenvalue weighted by atomic mass is 16.2. The Morgan fingerprint density at radius 3 is 2.60 bits per heavy atom. The molecule has 0 N–H and O–H groups in total. The normalized spacial score (nSPS) is 10.4. The molecule has 1 aromatic heterocycles. The number of hydrogen-bond donors (Lipinski definition) is 0. The Morgan fingerprint density at radius 1 is 1.12 bits per heavy atom. The minimum atomic E-state index is -0.368. The molecule has 0 atom stereocenters. The number of rotatable bonds is 5. The van der Waals surface area contributed by atoms with E-state index in [1.54, 1.807) is 36.4 Å². The van der Waals surface area contributed by atoms with Crippen LogP contribution in [0.1, 0.15) is 6.42 Å². The van der Waals surface area contributed by atoms with Gasteiger partial charge in [0.25, 0.3) is 5.56 Å². The number of amides is 1. The largest absolute Gasteiger partial charge is 0.310 e. The van der Waals surface area contributed by atoms with E-state index in [2.05, 4.69) is 10.3 Å². The number of para-hydroxylation sites is 1. The van der Waals surface area contributed by atoms with Crippen molar-refractivity contribution >= 4 is 22.5 Å². The van der Waals surface area contributed by atoms with Crippen molar-refractivity contribution in [1.82, 2.24) is 15.0 Å². The lowest BCUT2D eigenvalue weighted by Crippen LogP contribution is -2.38. The average molecular weight is 333 g/mol. The first-order chi connectivity index (χ1) is 12.2. The number of carbonyl (C=O) groups excluding carboxylic acids is 1. The number of nitrogens with zero attached hydrogens (tertiary/aromatic N) is 5. The molecule has 1 heterocycles. The van der Waals surface area contributed by atoms with Gasteiger partial charge < -0.3 is 4.90 Å². The first-order valence-electron chi connectivity index (χ1n) is 7.75. The molecule has 0 fully saturated rings. The van der Waals surface area contributed by atoms with Gasteiger partial charge in [0.05, 0.1) is 17.9 Å². The molecule has 3 rings (SSSR count). The predicted octanol–water partition coefficient (Wildman–Crippen LogP) is 1.74. The number of hydrogen-bond acceptors (Lipinski definition) is 5. The molecule has 0 aliphatic carbocycles. The van der Waals surface area contributed by atoms with E-state index in [0.717, 1.165) is 4.68 Å². The van der Waals surface area contributed by atoms with Crippen LogP contribution in [0, 0.1) is 11.3 Å². The van der Waals surface area contributed by atoms with Crippen LogP contribution in [0.3, 0.4) is 0 Å². The second kappa shape index (κ2) is 7.36. The van der Waals surface area contributed by atoms with Gasteiger partial charge in [-0.1, -0.05) is 35.5 Å². The summed E-state index contributed by atoms with van der Waals surface area (Å²) in [6.07, 6.45) is 0.193. The van der Waals surface area contributed by atoms with Crippen LogP contribution < -0.4 is 10.5 Å². The summed E-state index contributed by atoms with van der Waals surface area (Å²) in [5.41, 5.74) is 0.789. The fraction of sp³-hybridized carbons (Fsp3) is 0.167. The van der Waals surface area contributed by atoms with E-state index < -0.39 is 0 Å². The van der Waals surface area contributed by atoms with Gasteiger partial charge in [0.1, 0.15) is 12.1 Å². The van der Waals surface area contributed by atoms with E-state index in [0.29, 0.717) is 16.6 Å². The third-order valence-corrected chi connectivity index (χ3v) is 3.73. The van der Waals surface area contributed by atoms with Crippen molar-refractivity contribution in [2.24, 2.45) is 0 Å². The topological polar surface area (TPSA) is 91.9 Å². The highest BCUT2D eigenvalue weighted by molar-refractivity contribution is 5.93. The second-order valence-electron chi connectivity index (χ2n) is 5.36. The van der Waals surface area contributed by atoms with Crippen LogP contribution in [0.2, 0.25) is 0 Å². The molecule has 25 heavy (non-hydrogen) atoms. The first kappa shape index (κ1) is 16.3. The van der Waals surface area contributed by atoms with Gasteiger partial charge >= 0.3 is 0 Å². The van der Waals surface area contributed by atoms with Gasteiger partial charge in [-0.2, -0.15) is 5.26 Å². The Kier molecular flexibility index (Phi) is 4.81. The van der Waals surface area contributed by atoms with Gasteiger partial charge in [-0.3, -0.25) is 9.59 Å². The molecule has 0 spiro atoms. The maximum Gasteiger partial charge on any atom is 0.278 e. The predicted molar refractivity (Wildman–Crippen MR) is 92.8 cm³/mol. The molecule has 1 amide bonds. The zero-order valence-electron chi connectivity index (χ0n) is 13.4. The van der Waals surface area contributed by atoms with Gasteiger partial charge in [-0.05, 0) is 24.3 Å². The Bertz CT molecular complexity index is 992. The Morgan fingerprint density at radius 2 is 1.84 bits per heavy atom. The molecule has 0 saturated carbocycles. The van der Waals surface area contributed by atoms with Crippen molar-refractivity contribution in [2.75, 3.05) is 11.4 Å². The second-order valence-corrected chi connectivity index (χ2v) is 5.36. The highest BCUT2D eigenvalue weighted by Crippen LogP contribution is 2.14. The highest BCUT2D eigenvalue weighted by Gasteiger charge is 2.17. The molecule has 0 radical (unpaired) electrons. The van der Waals surface area contributed by atoms with Gasteiger partial charge in [0.2, 0.25) is 5.91 Å². The number of aromatic nitrogens is 3. The number of benzene rings is 2. The van der Waals surface area contributed by atoms with E-state index in [9.17, 15) is 9.59 Å². The van der Waals surface area contributed by atoms with E-state index in [1.165, 1.54) is 4.90 Å². The maximum absolute atomic E-state index is 12.7. The molecule has 7 nitrogen and oxygen atoms in total. The number of anilines is 1. The van der Waals surface area contributed by atoms with Crippen molar-refractivity contribution < 1.29 is 4.79 Å². The van der Waals surface area contributed by atoms with Crippen LogP contribution in [-0.4, -0.2) is 27.4 Å². The van der Waals surface area contributed by atoms with E-state index in [1.807, 2.05) is 24.3 Å². The number of nitriles is 1. The lowest BCUT2D eigenvalue weighted by atomic mass is 10.2. The summed E-state index contributed by atoms with van der Waals surface area (Å²) in [7, 11) is 0. The number of carbonyl (C=O) groups is 1. The Balaban J connectivity index is 1.90. The molecule has 0 aliphatic heterocycles. The van der Waals surface area contributed by atoms with E-state index in [4.69, 9.17) is 5.26 Å². The molecule has 0 unspecified atom stereocenters. The van der Waals surface area contributed by atoms with Crippen LogP contribution in [0.4, 0.5) is 5.69 Å². The summed E-state index contributed by atoms with van der Waals surface area (Å²) in [4.78, 5) is 26.6. The van der Waals surface area contributed by atoms with Gasteiger partial charge in [-0.15, -0.1) is 5.10 Å². The van der Waals surface area contributed by atoms with Crippen LogP contribution in [0.15, 0.2) is 59.4 Å². The first-order valence-corrected chi connectivity index (χ1v) is 7.75. The monoisotopic (exact) mass is 333 g/mol. The fourth-order valence-corrected chi connectivity index (χ4v) is 2.51. The number of fused-ring (bicyclic) bond motifs is 1. The maximum atomic E-state index is 12.7. The summed E-state index contributed by atoms with van der Waals surface area (Å²) in [5.74, 6) is -0.326. The SMILES string of the molecule is N#CCCN(C(=O)Cn1nnc2ccccc2c1=O)c1ccccc1. The summed E-state index contributed by atoms with van der Waals surface area (Å²) in [6, 6.07) is 17.9. The van der Waals surface area contributed by atoms with E-state index >= 15 is 0 Å². The minimum absolute atomic E-state index is 0.193. The average Bonchev–Trinajstić information content (AvgIpc) is 2.65. The molecule has 124 valence electrons. The summed E-state index contributed by atoms with van der Waals surface area (Å²) in [5, 5.41) is 17.1. The van der Waals surface area contributed by atoms with Crippen molar-refractivity contribution in [3.05, 3.63) is 65.0 Å². The van der Waals surface area contributed by atoms with Crippen molar-refractivity contribution in [3.63, 3.8) is 0 Å². The van der Waals surface area contributed by atoms with Crippen LogP contribution >= 0.6 is 0 Å². The van der Waals surface area contributed by atoms with Gasteiger partial charge in [-0.25, -0.2) is 4.68 Å². The lowest BCUT2D eigenvalue weighted by molar-refractivity contribution is -0.119. The van der Waals surface area contributed by atoms with Crippen LogP contribution in [0.5, 0.6) is 0 Å². The summed E-state index contributed by atoms with van der Waals surface area (Å²) in [6.45, 7) is 0.00605. The molecule has 3 aromatic rings. The summed E-state index contributed by atoms with van der Waals surface area (Å²) < 4.78 is 1.05. The van der Waals surface area contributed by atoms with Crippen molar-refractivity contribution in [1.29, 1.82) is 5.26 Å². The zero-order chi connectivity index (χ0) is 17.6. The zero-order valence-corrected chi connectivity index (χ0v) is 13.4. The third kappa shape index (κ3) is 3.53. The summed E-state index contributed by atoms with van der Waals surface area (Å²) >= 11 is 0. The fourth-order valence-electron chi connectivity index (χ4n) is 2.51. The Hall–Kier alpha value is -3.53. The van der Waals surface area contributed by atoms with Crippen molar-refractivity contribution in [2.45, 2.75) is 13.0 Å². The molecule has 0 bridgehead atoms. The van der Waals surface area contributed by atoms with Crippen LogP contribution in [0.25, 0.3) is 10.9 Å². The molecule has 0 aliphatic rings. The van der Waals surface area contributed by atoms with Crippen LogP contribution in [-0.2, 0) is 11.3 Å². The van der Waals surface area contributed by atoms with Gasteiger partial charge in [0.15, 0.2) is 0 Å². The molecule has 0 saturated heterocycles. The third-order valence-electron chi connectivity index (χ3n) is 3.73. The lowest BCUT2D eigenvalue weighted by Gasteiger charge is -2.21. The van der Waals surface area contributed by atoms with Crippen molar-refractivity contribution in [3.8, 4) is 6.07 Å². The quantitative estimate of drug-likeness (QED) is 0.709. The van der Waals surface area contributed by atoms with Gasteiger partial charge in [0, 0.05) is 12.2 Å². The molecule has 7 heteroatoms. The molecule has 2 aromatic carbocycles. The minimum Gasteiger partial charge on any atom is -0.310 e.